The van der Waals surface area contributed by atoms with Crippen molar-refractivity contribution < 1.29 is 5.11 Å². The van der Waals surface area contributed by atoms with E-state index in [2.05, 4.69) is 6.58 Å². The molecule has 0 saturated heterocycles. The van der Waals surface area contributed by atoms with Crippen LogP contribution in [0.25, 0.3) is 0 Å². The maximum absolute atomic E-state index is 8.15. The average Bonchev–Trinajstić information content (AvgIpc) is 1.88. The van der Waals surface area contributed by atoms with Crippen LogP contribution in [0.1, 0.15) is 26.7 Å². The molecule has 0 fully saturated rings. The van der Waals surface area contributed by atoms with E-state index in [0.717, 1.165) is 12.8 Å². The van der Waals surface area contributed by atoms with E-state index in [0.29, 0.717) is 0 Å². The first-order valence-electron chi connectivity index (χ1n) is 3.13. The lowest BCUT2D eigenvalue weighted by atomic mass is 10.3. The zero-order valence-electron chi connectivity index (χ0n) is 5.85. The third-order valence-electron chi connectivity index (χ3n) is 0.566. The molecule has 0 aromatic heterocycles. The van der Waals surface area contributed by atoms with Gasteiger partial charge in [-0.25, -0.2) is 0 Å². The van der Waals surface area contributed by atoms with Crippen molar-refractivity contribution in [3.05, 3.63) is 12.7 Å². The highest BCUT2D eigenvalue weighted by Crippen LogP contribution is 1.83. The Morgan fingerprint density at radius 2 is 2.00 bits per heavy atom. The van der Waals surface area contributed by atoms with Gasteiger partial charge in [-0.1, -0.05) is 19.9 Å². The van der Waals surface area contributed by atoms with Gasteiger partial charge in [-0.3, -0.25) is 0 Å². The smallest absolute Gasteiger partial charge is 0.0433 e. The SMILES string of the molecule is C=CCCCO.CC. The van der Waals surface area contributed by atoms with Crippen LogP contribution in [0, 0.1) is 0 Å². The van der Waals surface area contributed by atoms with E-state index < -0.39 is 0 Å². The molecule has 1 N–H and O–H groups in total. The number of allylic oxidation sites excluding steroid dienone is 1. The Bertz CT molecular complexity index is 33.4. The summed E-state index contributed by atoms with van der Waals surface area (Å²) in [7, 11) is 0. The summed E-state index contributed by atoms with van der Waals surface area (Å²) in [6, 6.07) is 0. The van der Waals surface area contributed by atoms with Gasteiger partial charge >= 0.3 is 0 Å². The Labute approximate surface area is 52.0 Å². The number of aliphatic hydroxyl groups is 1. The first kappa shape index (κ1) is 10.6. The molecule has 0 atom stereocenters. The fourth-order valence-corrected chi connectivity index (χ4v) is 0.236. The van der Waals surface area contributed by atoms with E-state index in [-0.39, 0.29) is 6.61 Å². The summed E-state index contributed by atoms with van der Waals surface area (Å²) in [6.07, 6.45) is 3.58. The van der Waals surface area contributed by atoms with Crippen molar-refractivity contribution >= 4 is 0 Å². The maximum atomic E-state index is 8.15. The molecule has 0 aliphatic carbocycles. The number of hydrogen-bond acceptors (Lipinski definition) is 1. The van der Waals surface area contributed by atoms with Crippen LogP contribution < -0.4 is 0 Å². The zero-order valence-corrected chi connectivity index (χ0v) is 5.85. The van der Waals surface area contributed by atoms with Gasteiger partial charge in [-0.15, -0.1) is 6.58 Å². The fourth-order valence-electron chi connectivity index (χ4n) is 0.236. The van der Waals surface area contributed by atoms with Gasteiger partial charge in [0.2, 0.25) is 0 Å². The molecule has 8 heavy (non-hydrogen) atoms. The molecule has 0 heterocycles. The van der Waals surface area contributed by atoms with E-state index >= 15 is 0 Å². The molecule has 0 aliphatic rings. The van der Waals surface area contributed by atoms with Gasteiger partial charge in [-0.05, 0) is 12.8 Å². The van der Waals surface area contributed by atoms with Crippen molar-refractivity contribution in [2.45, 2.75) is 26.7 Å². The summed E-state index contributed by atoms with van der Waals surface area (Å²) in [5.74, 6) is 0. The Morgan fingerprint density at radius 3 is 2.12 bits per heavy atom. The standard InChI is InChI=1S/C5H10O.C2H6/c1-2-3-4-5-6;1-2/h2,6H,1,3-5H2;1-2H3. The van der Waals surface area contributed by atoms with Crippen molar-refractivity contribution in [2.24, 2.45) is 0 Å². The summed E-state index contributed by atoms with van der Waals surface area (Å²) in [4.78, 5) is 0. The molecular weight excluding hydrogens is 100 g/mol. The van der Waals surface area contributed by atoms with E-state index in [1.807, 2.05) is 13.8 Å². The predicted octanol–water partition coefficient (Wildman–Crippen LogP) is 1.97. The van der Waals surface area contributed by atoms with Crippen LogP contribution in [0.4, 0.5) is 0 Å². The summed E-state index contributed by atoms with van der Waals surface area (Å²) in [5.41, 5.74) is 0. The Balaban J connectivity index is 0. The second-order valence-electron chi connectivity index (χ2n) is 1.15. The molecular formula is C7H16O. The van der Waals surface area contributed by atoms with Crippen LogP contribution >= 0.6 is 0 Å². The molecule has 0 radical (unpaired) electrons. The first-order chi connectivity index (χ1) is 3.91. The Morgan fingerprint density at radius 1 is 1.50 bits per heavy atom. The van der Waals surface area contributed by atoms with Crippen LogP contribution in [0.3, 0.4) is 0 Å². The lowest BCUT2D eigenvalue weighted by Gasteiger charge is -1.81. The number of aliphatic hydroxyl groups excluding tert-OH is 1. The number of rotatable bonds is 3. The molecule has 0 aromatic rings. The molecule has 0 spiro atoms. The predicted molar refractivity (Wildman–Crippen MR) is 37.9 cm³/mol. The van der Waals surface area contributed by atoms with Crippen LogP contribution in [-0.2, 0) is 0 Å². The molecule has 0 amide bonds. The third kappa shape index (κ3) is 17.3. The molecule has 0 aromatic carbocycles. The fraction of sp³-hybridized carbons (Fsp3) is 0.714. The second-order valence-corrected chi connectivity index (χ2v) is 1.15. The van der Waals surface area contributed by atoms with Crippen molar-refractivity contribution in [3.8, 4) is 0 Å². The maximum Gasteiger partial charge on any atom is 0.0433 e. The zero-order chi connectivity index (χ0) is 6.83. The number of unbranched alkanes of at least 4 members (excludes halogenated alkanes) is 1. The summed E-state index contributed by atoms with van der Waals surface area (Å²) in [5, 5.41) is 8.15. The molecule has 0 bridgehead atoms. The minimum atomic E-state index is 0.284. The highest BCUT2D eigenvalue weighted by atomic mass is 16.2. The topological polar surface area (TPSA) is 20.2 Å². The van der Waals surface area contributed by atoms with Gasteiger partial charge in [0.1, 0.15) is 0 Å². The average molecular weight is 116 g/mol. The monoisotopic (exact) mass is 116 g/mol. The second kappa shape index (κ2) is 15.9. The Kier molecular flexibility index (Phi) is 21.1. The summed E-state index contributed by atoms with van der Waals surface area (Å²) >= 11 is 0. The van der Waals surface area contributed by atoms with E-state index in [1.54, 1.807) is 6.08 Å². The van der Waals surface area contributed by atoms with Gasteiger partial charge in [0, 0.05) is 6.61 Å². The van der Waals surface area contributed by atoms with E-state index in [1.165, 1.54) is 0 Å². The van der Waals surface area contributed by atoms with Crippen LogP contribution in [0.5, 0.6) is 0 Å². The minimum Gasteiger partial charge on any atom is -0.396 e. The summed E-state index contributed by atoms with van der Waals surface area (Å²) in [6.45, 7) is 7.77. The van der Waals surface area contributed by atoms with Gasteiger partial charge < -0.3 is 5.11 Å². The highest BCUT2D eigenvalue weighted by Gasteiger charge is 1.72. The van der Waals surface area contributed by atoms with Crippen molar-refractivity contribution in [3.63, 3.8) is 0 Å². The first-order valence-corrected chi connectivity index (χ1v) is 3.13. The van der Waals surface area contributed by atoms with Crippen LogP contribution in [0.15, 0.2) is 12.7 Å². The molecule has 1 nitrogen and oxygen atoms in total. The molecule has 50 valence electrons. The Hall–Kier alpha value is -0.300. The number of hydrogen-bond donors (Lipinski definition) is 1. The molecule has 0 rings (SSSR count). The highest BCUT2D eigenvalue weighted by molar-refractivity contribution is 4.64. The quantitative estimate of drug-likeness (QED) is 0.441. The summed E-state index contributed by atoms with van der Waals surface area (Å²) < 4.78 is 0. The molecule has 1 heteroatoms. The van der Waals surface area contributed by atoms with Crippen LogP contribution in [-0.4, -0.2) is 11.7 Å². The van der Waals surface area contributed by atoms with Gasteiger partial charge in [-0.2, -0.15) is 0 Å². The van der Waals surface area contributed by atoms with Crippen molar-refractivity contribution in [1.29, 1.82) is 0 Å². The van der Waals surface area contributed by atoms with E-state index in [9.17, 15) is 0 Å². The van der Waals surface area contributed by atoms with Crippen LogP contribution in [0.2, 0.25) is 0 Å². The molecule has 0 saturated carbocycles. The lowest BCUT2D eigenvalue weighted by molar-refractivity contribution is 0.289. The minimum absolute atomic E-state index is 0.284. The molecule has 0 unspecified atom stereocenters. The lowest BCUT2D eigenvalue weighted by Crippen LogP contribution is -1.76. The normalized spacial score (nSPS) is 6.88. The van der Waals surface area contributed by atoms with Crippen molar-refractivity contribution in [1.82, 2.24) is 0 Å². The molecule has 0 aliphatic heterocycles. The largest absolute Gasteiger partial charge is 0.396 e. The van der Waals surface area contributed by atoms with Gasteiger partial charge in [0.15, 0.2) is 0 Å². The van der Waals surface area contributed by atoms with Gasteiger partial charge in [0.25, 0.3) is 0 Å². The third-order valence-corrected chi connectivity index (χ3v) is 0.566. The van der Waals surface area contributed by atoms with Crippen molar-refractivity contribution in [2.75, 3.05) is 6.61 Å². The van der Waals surface area contributed by atoms with E-state index in [4.69, 9.17) is 5.11 Å². The van der Waals surface area contributed by atoms with Gasteiger partial charge in [0.05, 0.1) is 0 Å².